The van der Waals surface area contributed by atoms with Crippen molar-refractivity contribution in [3.05, 3.63) is 76.7 Å². The zero-order valence-corrected chi connectivity index (χ0v) is 18.2. The Hall–Kier alpha value is -2.70. The number of H-pyrrole nitrogens is 1. The van der Waals surface area contributed by atoms with Crippen LogP contribution in [0.5, 0.6) is 0 Å². The molecular weight excluding hydrogens is 408 g/mol. The number of hydrogen-bond donors (Lipinski definition) is 2. The molecule has 0 aliphatic heterocycles. The summed E-state index contributed by atoms with van der Waals surface area (Å²) in [6.45, 7) is 0.812. The standard InChI is InChI=1S/C24H27ClN6/c25-19-12-10-17(11-13-19)23(24-28-29-30-31(24)20-6-2-1-3-7-20)26-15-14-18-16-27-22-9-5-4-8-21(18)22/h4-5,8-13,16,20,23,26-27H,1-3,6-7,14-15H2. The largest absolute Gasteiger partial charge is 0.361 e. The number of para-hydroxylation sites is 1. The third-order valence-corrected chi connectivity index (χ3v) is 6.57. The maximum absolute atomic E-state index is 6.15. The Morgan fingerprint density at radius 1 is 1.06 bits per heavy atom. The second kappa shape index (κ2) is 9.20. The molecule has 0 spiro atoms. The molecule has 31 heavy (non-hydrogen) atoms. The van der Waals surface area contributed by atoms with Crippen molar-refractivity contribution in [1.82, 2.24) is 30.5 Å². The van der Waals surface area contributed by atoms with E-state index < -0.39 is 0 Å². The minimum Gasteiger partial charge on any atom is -0.361 e. The molecule has 4 aromatic rings. The van der Waals surface area contributed by atoms with Gasteiger partial charge in [0.05, 0.1) is 12.1 Å². The predicted molar refractivity (Wildman–Crippen MR) is 123 cm³/mol. The Morgan fingerprint density at radius 3 is 2.71 bits per heavy atom. The molecule has 5 rings (SSSR count). The smallest absolute Gasteiger partial charge is 0.173 e. The van der Waals surface area contributed by atoms with Gasteiger partial charge in [-0.2, -0.15) is 0 Å². The number of nitrogens with zero attached hydrogens (tertiary/aromatic N) is 4. The first-order valence-electron chi connectivity index (χ1n) is 11.1. The highest BCUT2D eigenvalue weighted by molar-refractivity contribution is 6.30. The van der Waals surface area contributed by atoms with Crippen LogP contribution >= 0.6 is 11.6 Å². The lowest BCUT2D eigenvalue weighted by molar-refractivity contribution is 0.311. The minimum atomic E-state index is -0.0839. The van der Waals surface area contributed by atoms with Gasteiger partial charge in [0.1, 0.15) is 0 Å². The second-order valence-corrected chi connectivity index (χ2v) is 8.76. The maximum atomic E-state index is 6.15. The van der Waals surface area contributed by atoms with Crippen molar-refractivity contribution in [2.24, 2.45) is 0 Å². The average molecular weight is 435 g/mol. The van der Waals surface area contributed by atoms with Crippen LogP contribution in [0, 0.1) is 0 Å². The quantitative estimate of drug-likeness (QED) is 0.417. The normalized spacial score (nSPS) is 16.0. The van der Waals surface area contributed by atoms with E-state index >= 15 is 0 Å². The molecule has 1 aliphatic carbocycles. The van der Waals surface area contributed by atoms with Crippen LogP contribution in [0.15, 0.2) is 54.7 Å². The van der Waals surface area contributed by atoms with Gasteiger partial charge in [0.15, 0.2) is 5.82 Å². The summed E-state index contributed by atoms with van der Waals surface area (Å²) >= 11 is 6.15. The first-order chi connectivity index (χ1) is 15.3. The highest BCUT2D eigenvalue weighted by atomic mass is 35.5. The fourth-order valence-electron chi connectivity index (χ4n) is 4.68. The van der Waals surface area contributed by atoms with Crippen LogP contribution in [0.25, 0.3) is 10.9 Å². The lowest BCUT2D eigenvalue weighted by atomic mass is 9.95. The maximum Gasteiger partial charge on any atom is 0.173 e. The van der Waals surface area contributed by atoms with Crippen molar-refractivity contribution in [1.29, 1.82) is 0 Å². The SMILES string of the molecule is Clc1ccc(C(NCCc2c[nH]c3ccccc23)c2nnnn2C2CCCCC2)cc1. The van der Waals surface area contributed by atoms with Gasteiger partial charge in [0, 0.05) is 28.7 Å². The van der Waals surface area contributed by atoms with E-state index in [1.165, 1.54) is 35.7 Å². The molecule has 160 valence electrons. The van der Waals surface area contributed by atoms with E-state index in [1.807, 2.05) is 12.1 Å². The van der Waals surface area contributed by atoms with Gasteiger partial charge in [-0.05, 0) is 59.0 Å². The van der Waals surface area contributed by atoms with Crippen molar-refractivity contribution in [2.75, 3.05) is 6.54 Å². The first kappa shape index (κ1) is 20.2. The Morgan fingerprint density at radius 2 is 1.87 bits per heavy atom. The number of rotatable bonds is 7. The van der Waals surface area contributed by atoms with Gasteiger partial charge in [-0.1, -0.05) is 61.2 Å². The number of tetrazole rings is 1. The summed E-state index contributed by atoms with van der Waals surface area (Å²) in [6, 6.07) is 16.7. The summed E-state index contributed by atoms with van der Waals surface area (Å²) in [5.74, 6) is 0.883. The number of fused-ring (bicyclic) bond motifs is 1. The Balaban J connectivity index is 1.39. The molecule has 2 aromatic carbocycles. The zero-order valence-electron chi connectivity index (χ0n) is 17.5. The van der Waals surface area contributed by atoms with Crippen LogP contribution in [0.1, 0.15) is 61.1 Å². The first-order valence-corrected chi connectivity index (χ1v) is 11.5. The van der Waals surface area contributed by atoms with Crippen molar-refractivity contribution in [3.8, 4) is 0 Å². The number of hydrogen-bond acceptors (Lipinski definition) is 4. The molecule has 1 fully saturated rings. The molecule has 7 heteroatoms. The van der Waals surface area contributed by atoms with Gasteiger partial charge in [-0.3, -0.25) is 0 Å². The molecule has 0 bridgehead atoms. The second-order valence-electron chi connectivity index (χ2n) is 8.32. The molecule has 6 nitrogen and oxygen atoms in total. The van der Waals surface area contributed by atoms with Crippen LogP contribution in [0.3, 0.4) is 0 Å². The summed E-state index contributed by atoms with van der Waals surface area (Å²) in [4.78, 5) is 3.36. The van der Waals surface area contributed by atoms with E-state index in [0.717, 1.165) is 42.2 Å². The fourth-order valence-corrected chi connectivity index (χ4v) is 4.81. The summed E-state index contributed by atoms with van der Waals surface area (Å²) in [5, 5.41) is 18.6. The van der Waals surface area contributed by atoms with Crippen LogP contribution in [-0.4, -0.2) is 31.7 Å². The summed E-state index contributed by atoms with van der Waals surface area (Å²) in [6.07, 6.45) is 9.08. The van der Waals surface area contributed by atoms with Crippen molar-refractivity contribution in [3.63, 3.8) is 0 Å². The van der Waals surface area contributed by atoms with E-state index in [0.29, 0.717) is 6.04 Å². The van der Waals surface area contributed by atoms with Gasteiger partial charge in [-0.15, -0.1) is 5.10 Å². The highest BCUT2D eigenvalue weighted by Crippen LogP contribution is 2.31. The molecule has 2 heterocycles. The predicted octanol–water partition coefficient (Wildman–Crippen LogP) is 5.23. The number of benzene rings is 2. The molecule has 1 unspecified atom stereocenters. The Labute approximate surface area is 187 Å². The zero-order chi connectivity index (χ0) is 21.0. The van der Waals surface area contributed by atoms with E-state index in [2.05, 4.69) is 73.1 Å². The van der Waals surface area contributed by atoms with Gasteiger partial charge >= 0.3 is 0 Å². The van der Waals surface area contributed by atoms with Crippen LogP contribution < -0.4 is 5.32 Å². The molecule has 1 atom stereocenters. The topological polar surface area (TPSA) is 71.4 Å². The molecular formula is C24H27ClN6. The van der Waals surface area contributed by atoms with Crippen molar-refractivity contribution < 1.29 is 0 Å². The lowest BCUT2D eigenvalue weighted by Gasteiger charge is -2.25. The van der Waals surface area contributed by atoms with E-state index in [1.54, 1.807) is 0 Å². The van der Waals surface area contributed by atoms with Crippen molar-refractivity contribution in [2.45, 2.75) is 50.6 Å². The van der Waals surface area contributed by atoms with E-state index in [-0.39, 0.29) is 6.04 Å². The molecule has 1 saturated carbocycles. The van der Waals surface area contributed by atoms with Crippen LogP contribution in [-0.2, 0) is 6.42 Å². The number of nitrogens with one attached hydrogen (secondary N) is 2. The molecule has 0 saturated heterocycles. The monoisotopic (exact) mass is 434 g/mol. The third-order valence-electron chi connectivity index (χ3n) is 6.32. The summed E-state index contributed by atoms with van der Waals surface area (Å²) < 4.78 is 2.05. The molecule has 0 amide bonds. The molecule has 2 aromatic heterocycles. The van der Waals surface area contributed by atoms with Gasteiger partial charge in [0.25, 0.3) is 0 Å². The number of halogens is 1. The highest BCUT2D eigenvalue weighted by Gasteiger charge is 2.26. The van der Waals surface area contributed by atoms with E-state index in [9.17, 15) is 0 Å². The van der Waals surface area contributed by atoms with Crippen molar-refractivity contribution >= 4 is 22.5 Å². The van der Waals surface area contributed by atoms with Gasteiger partial charge in [-0.25, -0.2) is 4.68 Å². The number of aromatic nitrogens is 5. The summed E-state index contributed by atoms with van der Waals surface area (Å²) in [5.41, 5.74) is 3.60. The molecule has 2 N–H and O–H groups in total. The van der Waals surface area contributed by atoms with Crippen LogP contribution in [0.2, 0.25) is 5.02 Å². The Bertz CT molecular complexity index is 1130. The van der Waals surface area contributed by atoms with Crippen LogP contribution in [0.4, 0.5) is 0 Å². The number of aromatic amines is 1. The molecule has 1 aliphatic rings. The summed E-state index contributed by atoms with van der Waals surface area (Å²) in [7, 11) is 0. The van der Waals surface area contributed by atoms with Gasteiger partial charge in [0.2, 0.25) is 0 Å². The van der Waals surface area contributed by atoms with E-state index in [4.69, 9.17) is 11.6 Å². The van der Waals surface area contributed by atoms with Gasteiger partial charge < -0.3 is 10.3 Å². The minimum absolute atomic E-state index is 0.0839. The Kier molecular flexibility index (Phi) is 6.00. The third kappa shape index (κ3) is 4.36. The molecule has 0 radical (unpaired) electrons. The fraction of sp³-hybridized carbons (Fsp3) is 0.375. The lowest BCUT2D eigenvalue weighted by Crippen LogP contribution is -2.29. The average Bonchev–Trinajstić information content (AvgIpc) is 3.46.